The quantitative estimate of drug-likeness (QED) is 0.447. The number of hydrogen-bond acceptors (Lipinski definition) is 5. The van der Waals surface area contributed by atoms with E-state index in [4.69, 9.17) is 10.8 Å². The molecule has 7 heteroatoms. The Balaban J connectivity index is 2.54. The number of hydrogen-bond donors (Lipinski definition) is 4. The predicted molar refractivity (Wildman–Crippen MR) is 48.5 cm³/mol. The molecule has 0 aromatic carbocycles. The summed E-state index contributed by atoms with van der Waals surface area (Å²) in [6.07, 6.45) is 0.0732. The van der Waals surface area contributed by atoms with Crippen molar-refractivity contribution in [3.8, 4) is 0 Å². The minimum Gasteiger partial charge on any atom is -0.381 e. The average Bonchev–Trinajstić information content (AvgIpc) is 2.14. The zero-order chi connectivity index (χ0) is 10.6. The van der Waals surface area contributed by atoms with Crippen LogP contribution < -0.4 is 16.6 Å². The molecule has 1 heterocycles. The molecule has 5 N–H and O–H groups in total. The smallest absolute Gasteiger partial charge is 0.266 e. The van der Waals surface area contributed by atoms with Crippen LogP contribution in [-0.2, 0) is 4.79 Å². The zero-order valence-corrected chi connectivity index (χ0v) is 7.23. The van der Waals surface area contributed by atoms with E-state index in [0.717, 1.165) is 0 Å². The second kappa shape index (κ2) is 4.38. The Bertz CT molecular complexity index is 375. The van der Waals surface area contributed by atoms with Gasteiger partial charge in [-0.2, -0.15) is 5.10 Å². The molecular weight excluding hydrogens is 188 g/mol. The van der Waals surface area contributed by atoms with Crippen molar-refractivity contribution in [1.29, 1.82) is 0 Å². The highest BCUT2D eigenvalue weighted by atomic mass is 16.3. The van der Waals surface area contributed by atoms with Gasteiger partial charge in [-0.3, -0.25) is 9.59 Å². The molecule has 0 fully saturated rings. The van der Waals surface area contributed by atoms with Crippen LogP contribution >= 0.6 is 0 Å². The van der Waals surface area contributed by atoms with Crippen molar-refractivity contribution in [3.63, 3.8) is 0 Å². The van der Waals surface area contributed by atoms with E-state index in [9.17, 15) is 9.59 Å². The molecule has 0 spiro atoms. The first-order valence-electron chi connectivity index (χ1n) is 3.85. The number of nitrogens with two attached hydrogens (primary N) is 1. The van der Waals surface area contributed by atoms with Gasteiger partial charge in [-0.05, 0) is 0 Å². The summed E-state index contributed by atoms with van der Waals surface area (Å²) in [4.78, 5) is 21.2. The fourth-order valence-corrected chi connectivity index (χ4v) is 0.788. The summed E-state index contributed by atoms with van der Waals surface area (Å²) in [5, 5.41) is 17.3. The minimum atomic E-state index is -1.28. The standard InChI is InChI=1S/C7H10N4O3/c8-7(14)5(12)3-9-4-1-6(13)11-10-2-4/h1-2,5,12H,3H2,(H2,8,14)(H2,9,11,13). The summed E-state index contributed by atoms with van der Waals surface area (Å²) in [7, 11) is 0. The molecule has 1 atom stereocenters. The number of aliphatic hydroxyl groups is 1. The van der Waals surface area contributed by atoms with E-state index in [1.807, 2.05) is 0 Å². The topological polar surface area (TPSA) is 121 Å². The number of aromatic amines is 1. The minimum absolute atomic E-state index is 0.0551. The Morgan fingerprint density at radius 1 is 1.79 bits per heavy atom. The predicted octanol–water partition coefficient (Wildman–Crippen LogP) is -1.97. The molecule has 0 aliphatic heterocycles. The molecule has 1 amide bonds. The fourth-order valence-electron chi connectivity index (χ4n) is 0.788. The molecule has 14 heavy (non-hydrogen) atoms. The van der Waals surface area contributed by atoms with Crippen LogP contribution in [0.1, 0.15) is 0 Å². The molecule has 0 radical (unpaired) electrons. The highest BCUT2D eigenvalue weighted by Crippen LogP contribution is 1.98. The Kier molecular flexibility index (Phi) is 3.19. The van der Waals surface area contributed by atoms with E-state index in [1.54, 1.807) is 0 Å². The van der Waals surface area contributed by atoms with Gasteiger partial charge >= 0.3 is 0 Å². The van der Waals surface area contributed by atoms with Crippen LogP contribution in [0, 0.1) is 0 Å². The lowest BCUT2D eigenvalue weighted by Crippen LogP contribution is -2.34. The number of aromatic nitrogens is 2. The second-order valence-electron chi connectivity index (χ2n) is 2.63. The molecule has 0 aliphatic rings. The van der Waals surface area contributed by atoms with Crippen LogP contribution in [0.5, 0.6) is 0 Å². The van der Waals surface area contributed by atoms with Gasteiger partial charge < -0.3 is 16.2 Å². The van der Waals surface area contributed by atoms with E-state index in [1.165, 1.54) is 12.3 Å². The maximum Gasteiger partial charge on any atom is 0.266 e. The van der Waals surface area contributed by atoms with Crippen molar-refractivity contribution in [2.45, 2.75) is 6.10 Å². The number of carbonyl (C=O) groups excluding carboxylic acids is 1. The van der Waals surface area contributed by atoms with Gasteiger partial charge in [-0.25, -0.2) is 5.10 Å². The lowest BCUT2D eigenvalue weighted by molar-refractivity contribution is -0.125. The zero-order valence-electron chi connectivity index (χ0n) is 7.23. The highest BCUT2D eigenvalue weighted by Gasteiger charge is 2.09. The van der Waals surface area contributed by atoms with Gasteiger partial charge in [0, 0.05) is 12.6 Å². The van der Waals surface area contributed by atoms with Crippen LogP contribution in [0.4, 0.5) is 5.69 Å². The van der Waals surface area contributed by atoms with Crippen molar-refractivity contribution in [3.05, 3.63) is 22.6 Å². The molecule has 1 rings (SSSR count). The lowest BCUT2D eigenvalue weighted by atomic mass is 10.3. The van der Waals surface area contributed by atoms with Crippen LogP contribution in [0.25, 0.3) is 0 Å². The number of rotatable bonds is 4. The summed E-state index contributed by atoms with van der Waals surface area (Å²) < 4.78 is 0. The Hall–Kier alpha value is -1.89. The van der Waals surface area contributed by atoms with Gasteiger partial charge in [-0.15, -0.1) is 0 Å². The molecule has 0 bridgehead atoms. The summed E-state index contributed by atoms with van der Waals surface area (Å²) in [6.45, 7) is -0.0551. The van der Waals surface area contributed by atoms with Gasteiger partial charge in [0.25, 0.3) is 5.56 Å². The first-order valence-corrected chi connectivity index (χ1v) is 3.85. The number of amides is 1. The van der Waals surface area contributed by atoms with E-state index >= 15 is 0 Å². The van der Waals surface area contributed by atoms with Gasteiger partial charge in [0.2, 0.25) is 5.91 Å². The molecular formula is C7H10N4O3. The average molecular weight is 198 g/mol. The van der Waals surface area contributed by atoms with E-state index in [-0.39, 0.29) is 12.1 Å². The Morgan fingerprint density at radius 2 is 2.50 bits per heavy atom. The second-order valence-corrected chi connectivity index (χ2v) is 2.63. The first kappa shape index (κ1) is 10.2. The number of nitrogens with zero attached hydrogens (tertiary/aromatic N) is 1. The summed E-state index contributed by atoms with van der Waals surface area (Å²) >= 11 is 0. The molecule has 7 nitrogen and oxygen atoms in total. The summed E-state index contributed by atoms with van der Waals surface area (Å²) in [6, 6.07) is 1.25. The largest absolute Gasteiger partial charge is 0.381 e. The number of nitrogens with one attached hydrogen (secondary N) is 2. The van der Waals surface area contributed by atoms with E-state index < -0.39 is 12.0 Å². The monoisotopic (exact) mass is 198 g/mol. The lowest BCUT2D eigenvalue weighted by Gasteiger charge is -2.08. The van der Waals surface area contributed by atoms with Crippen LogP contribution in [-0.4, -0.2) is 33.9 Å². The number of carbonyl (C=O) groups is 1. The molecule has 0 aliphatic carbocycles. The van der Waals surface area contributed by atoms with Gasteiger partial charge in [0.15, 0.2) is 0 Å². The van der Waals surface area contributed by atoms with Crippen molar-refractivity contribution >= 4 is 11.6 Å². The van der Waals surface area contributed by atoms with E-state index in [2.05, 4.69) is 15.5 Å². The summed E-state index contributed by atoms with van der Waals surface area (Å²) in [5.41, 5.74) is 4.86. The maximum atomic E-state index is 10.8. The third-order valence-corrected chi connectivity index (χ3v) is 1.49. The van der Waals surface area contributed by atoms with Gasteiger partial charge in [0.05, 0.1) is 11.9 Å². The van der Waals surface area contributed by atoms with Crippen molar-refractivity contribution < 1.29 is 9.90 Å². The molecule has 1 aromatic heterocycles. The number of anilines is 1. The van der Waals surface area contributed by atoms with E-state index in [0.29, 0.717) is 5.69 Å². The van der Waals surface area contributed by atoms with Gasteiger partial charge in [0.1, 0.15) is 6.10 Å². The Labute approximate surface area is 78.9 Å². The SMILES string of the molecule is NC(=O)C(O)CNc1cn[nH]c(=O)c1. The van der Waals surface area contributed by atoms with Crippen LogP contribution in [0.3, 0.4) is 0 Å². The fraction of sp³-hybridized carbons (Fsp3) is 0.286. The normalized spacial score (nSPS) is 12.1. The molecule has 1 aromatic rings. The molecule has 76 valence electrons. The van der Waals surface area contributed by atoms with Crippen LogP contribution in [0.2, 0.25) is 0 Å². The first-order chi connectivity index (χ1) is 6.59. The van der Waals surface area contributed by atoms with Crippen LogP contribution in [0.15, 0.2) is 17.1 Å². The summed E-state index contributed by atoms with van der Waals surface area (Å²) in [5.74, 6) is -0.824. The Morgan fingerprint density at radius 3 is 3.07 bits per heavy atom. The number of primary amides is 1. The number of aliphatic hydroxyl groups excluding tert-OH is 1. The van der Waals surface area contributed by atoms with Crippen molar-refractivity contribution in [2.24, 2.45) is 5.73 Å². The third kappa shape index (κ3) is 2.87. The third-order valence-electron chi connectivity index (χ3n) is 1.49. The van der Waals surface area contributed by atoms with Crippen molar-refractivity contribution in [1.82, 2.24) is 10.2 Å². The highest BCUT2D eigenvalue weighted by molar-refractivity contribution is 5.79. The number of H-pyrrole nitrogens is 1. The molecule has 0 saturated carbocycles. The maximum absolute atomic E-state index is 10.8. The van der Waals surface area contributed by atoms with Gasteiger partial charge in [-0.1, -0.05) is 0 Å². The van der Waals surface area contributed by atoms with Crippen molar-refractivity contribution in [2.75, 3.05) is 11.9 Å². The molecule has 0 saturated heterocycles. The molecule has 1 unspecified atom stereocenters.